The molecule has 0 amide bonds. The van der Waals surface area contributed by atoms with Crippen molar-refractivity contribution >= 4 is 51.2 Å². The lowest BCUT2D eigenvalue weighted by Crippen LogP contribution is -2.33. The molecule has 0 bridgehead atoms. The Hall–Kier alpha value is -3.10. The summed E-state index contributed by atoms with van der Waals surface area (Å²) in [6.07, 6.45) is 25.2. The van der Waals surface area contributed by atoms with Gasteiger partial charge in [0.1, 0.15) is 0 Å². The lowest BCUT2D eigenvalue weighted by Gasteiger charge is -2.22. The Morgan fingerprint density at radius 1 is 0.784 bits per heavy atom. The summed E-state index contributed by atoms with van der Waals surface area (Å²) in [6, 6.07) is 18.2. The van der Waals surface area contributed by atoms with E-state index in [9.17, 15) is 0 Å². The second-order valence-electron chi connectivity index (χ2n) is 10.7. The van der Waals surface area contributed by atoms with Crippen molar-refractivity contribution in [3.63, 3.8) is 0 Å². The van der Waals surface area contributed by atoms with Gasteiger partial charge in [-0.1, -0.05) is 91.7 Å². The summed E-state index contributed by atoms with van der Waals surface area (Å²) in [5, 5.41) is 6.76. The third-order valence-electron chi connectivity index (χ3n) is 8.45. The molecule has 3 aliphatic rings. The molecule has 3 aromatic carbocycles. The molecule has 3 aliphatic carbocycles. The first-order chi connectivity index (χ1) is 18.4. The largest absolute Gasteiger partial charge is 0.256 e. The number of hydrogen-bond acceptors (Lipinski definition) is 2. The van der Waals surface area contributed by atoms with Crippen molar-refractivity contribution < 1.29 is 0 Å². The second kappa shape index (κ2) is 9.99. The third-order valence-corrected chi connectivity index (χ3v) is 9.59. The first-order valence-corrected chi connectivity index (χ1v) is 14.9. The molecule has 0 atom stereocenters. The molecule has 1 nitrogen and oxygen atoms in total. The minimum atomic E-state index is 0.747. The lowest BCUT2D eigenvalue weighted by atomic mass is 9.84. The molecule has 1 heterocycles. The smallest absolute Gasteiger partial charge is 0.0708 e. The van der Waals surface area contributed by atoms with Gasteiger partial charge in [-0.25, -0.2) is 0 Å². The summed E-state index contributed by atoms with van der Waals surface area (Å²) < 4.78 is 0. The summed E-state index contributed by atoms with van der Waals surface area (Å²) in [5.41, 5.74) is 5.45. The van der Waals surface area contributed by atoms with Gasteiger partial charge in [-0.05, 0) is 89.8 Å². The predicted molar refractivity (Wildman–Crippen MR) is 159 cm³/mol. The highest BCUT2D eigenvalue weighted by Crippen LogP contribution is 2.39. The van der Waals surface area contributed by atoms with Crippen LogP contribution >= 0.6 is 11.8 Å². The average molecular weight is 500 g/mol. The van der Waals surface area contributed by atoms with Crippen LogP contribution in [-0.2, 0) is 0 Å². The highest BCUT2D eigenvalue weighted by Gasteiger charge is 2.20. The Balaban J connectivity index is 1.45. The fourth-order valence-corrected chi connectivity index (χ4v) is 7.74. The van der Waals surface area contributed by atoms with E-state index in [-0.39, 0.29) is 0 Å². The molecule has 7 rings (SSSR count). The van der Waals surface area contributed by atoms with E-state index in [0.717, 1.165) is 37.1 Å². The van der Waals surface area contributed by atoms with E-state index in [0.29, 0.717) is 0 Å². The Morgan fingerprint density at radius 2 is 1.59 bits per heavy atom. The van der Waals surface area contributed by atoms with Gasteiger partial charge < -0.3 is 0 Å². The van der Waals surface area contributed by atoms with Gasteiger partial charge in [-0.2, -0.15) is 0 Å². The maximum atomic E-state index is 4.95. The molecule has 0 N–H and O–H groups in total. The first kappa shape index (κ1) is 23.0. The second-order valence-corrected chi connectivity index (χ2v) is 11.8. The molecular weight excluding hydrogens is 466 g/mol. The molecule has 0 spiro atoms. The number of nitrogens with zero attached hydrogens (tertiary/aromatic N) is 1. The molecule has 37 heavy (non-hydrogen) atoms. The van der Waals surface area contributed by atoms with E-state index in [4.69, 9.17) is 4.98 Å². The molecule has 184 valence electrons. The molecular formula is C35H33NS. The zero-order chi connectivity index (χ0) is 24.6. The van der Waals surface area contributed by atoms with E-state index in [2.05, 4.69) is 85.1 Å². The van der Waals surface area contributed by atoms with Crippen LogP contribution < -0.4 is 10.4 Å². The molecule has 1 fully saturated rings. The van der Waals surface area contributed by atoms with Crippen molar-refractivity contribution in [2.24, 2.45) is 0 Å². The number of aromatic nitrogens is 1. The van der Waals surface area contributed by atoms with E-state index in [1.807, 2.05) is 11.8 Å². The number of rotatable bonds is 4. The van der Waals surface area contributed by atoms with Crippen LogP contribution in [0.25, 0.3) is 39.4 Å². The number of benzene rings is 3. The quantitative estimate of drug-likeness (QED) is 0.261. The molecule has 4 aromatic rings. The van der Waals surface area contributed by atoms with Gasteiger partial charge in [0, 0.05) is 32.1 Å². The first-order valence-electron chi connectivity index (χ1n) is 14.0. The molecule has 0 radical (unpaired) electrons. The summed E-state index contributed by atoms with van der Waals surface area (Å²) in [6.45, 7) is 0. The summed E-state index contributed by atoms with van der Waals surface area (Å²) in [4.78, 5) is 7.67. The number of para-hydroxylation sites is 1. The fourth-order valence-electron chi connectivity index (χ4n) is 6.61. The topological polar surface area (TPSA) is 12.9 Å². The Bertz CT molecular complexity index is 1670. The molecule has 2 heteroatoms. The maximum absolute atomic E-state index is 4.95. The van der Waals surface area contributed by atoms with Crippen LogP contribution in [0.4, 0.5) is 0 Å². The summed E-state index contributed by atoms with van der Waals surface area (Å²) in [5.74, 6) is 0.747. The Morgan fingerprint density at radius 3 is 2.41 bits per heavy atom. The van der Waals surface area contributed by atoms with Crippen LogP contribution in [0.1, 0.15) is 74.8 Å². The summed E-state index contributed by atoms with van der Waals surface area (Å²) in [7, 11) is 0. The minimum absolute atomic E-state index is 0.747. The Labute approximate surface area is 223 Å². The van der Waals surface area contributed by atoms with E-state index in [1.54, 1.807) is 0 Å². The fraction of sp³-hybridized carbons (Fsp3) is 0.286. The Kier molecular flexibility index (Phi) is 6.22. The molecule has 0 unspecified atom stereocenters. The highest BCUT2D eigenvalue weighted by atomic mass is 32.2. The zero-order valence-electron chi connectivity index (χ0n) is 21.4. The van der Waals surface area contributed by atoms with Gasteiger partial charge in [0.25, 0.3) is 0 Å². The molecule has 0 saturated heterocycles. The SMILES string of the molecule is C1=CCCC(c2c3c(c(Sc4ccc(C5CCCCC5)cc4)c4c2cnc2ccccc24)=CCCC=3)=C1. The molecule has 1 aromatic heterocycles. The van der Waals surface area contributed by atoms with Crippen molar-refractivity contribution in [1.82, 2.24) is 4.98 Å². The van der Waals surface area contributed by atoms with Crippen molar-refractivity contribution in [2.45, 2.75) is 73.5 Å². The van der Waals surface area contributed by atoms with Crippen molar-refractivity contribution in [3.05, 3.63) is 94.5 Å². The third kappa shape index (κ3) is 4.26. The highest BCUT2D eigenvalue weighted by molar-refractivity contribution is 7.99. The zero-order valence-corrected chi connectivity index (χ0v) is 22.2. The lowest BCUT2D eigenvalue weighted by molar-refractivity contribution is 0.443. The van der Waals surface area contributed by atoms with Gasteiger partial charge >= 0.3 is 0 Å². The average Bonchev–Trinajstić information content (AvgIpc) is 2.98. The molecule has 1 saturated carbocycles. The molecule has 0 aliphatic heterocycles. The normalized spacial score (nSPS) is 17.8. The number of hydrogen-bond donors (Lipinski definition) is 0. The van der Waals surface area contributed by atoms with Gasteiger partial charge in [-0.15, -0.1) is 0 Å². The monoisotopic (exact) mass is 499 g/mol. The summed E-state index contributed by atoms with van der Waals surface area (Å²) >= 11 is 1.94. The minimum Gasteiger partial charge on any atom is -0.256 e. The van der Waals surface area contributed by atoms with Gasteiger partial charge in [0.2, 0.25) is 0 Å². The van der Waals surface area contributed by atoms with E-state index in [1.165, 1.54) is 85.2 Å². The van der Waals surface area contributed by atoms with Gasteiger partial charge in [0.15, 0.2) is 0 Å². The van der Waals surface area contributed by atoms with Gasteiger partial charge in [0.05, 0.1) is 5.52 Å². The van der Waals surface area contributed by atoms with Crippen molar-refractivity contribution in [2.75, 3.05) is 0 Å². The maximum Gasteiger partial charge on any atom is 0.0708 e. The predicted octanol–water partition coefficient (Wildman–Crippen LogP) is 8.68. The van der Waals surface area contributed by atoms with Crippen LogP contribution in [0.3, 0.4) is 0 Å². The van der Waals surface area contributed by atoms with Crippen LogP contribution in [0, 0.1) is 0 Å². The van der Waals surface area contributed by atoms with E-state index >= 15 is 0 Å². The number of pyridine rings is 1. The number of allylic oxidation sites excluding steroid dienone is 4. The van der Waals surface area contributed by atoms with Crippen molar-refractivity contribution in [1.29, 1.82) is 0 Å². The van der Waals surface area contributed by atoms with Crippen molar-refractivity contribution in [3.8, 4) is 0 Å². The van der Waals surface area contributed by atoms with Crippen LogP contribution in [0.2, 0.25) is 0 Å². The number of fused-ring (bicyclic) bond motifs is 4. The van der Waals surface area contributed by atoms with Crippen LogP contribution in [-0.4, -0.2) is 4.98 Å². The van der Waals surface area contributed by atoms with Crippen LogP contribution in [0.5, 0.6) is 0 Å². The van der Waals surface area contributed by atoms with Crippen LogP contribution in [0.15, 0.2) is 82.7 Å². The van der Waals surface area contributed by atoms with Gasteiger partial charge in [-0.3, -0.25) is 4.98 Å². The van der Waals surface area contributed by atoms with E-state index < -0.39 is 0 Å². The standard InChI is InChI=1S/C35H33NS/c1-3-11-24(12-4-1)25-19-21-27(22-20-25)37-35-29-16-8-7-15-28(29)33(26-13-5-2-6-14-26)31-23-36-32-18-10-9-17-30(32)34(31)35/h2,5,9-10,13,15-24H,1,3-4,6-8,11-12,14H2.